The van der Waals surface area contributed by atoms with Crippen molar-refractivity contribution in [1.29, 1.82) is 0 Å². The highest BCUT2D eigenvalue weighted by Crippen LogP contribution is 2.38. The van der Waals surface area contributed by atoms with E-state index in [-0.39, 0.29) is 11.9 Å². The van der Waals surface area contributed by atoms with Gasteiger partial charge in [0, 0.05) is 22.2 Å². The van der Waals surface area contributed by atoms with Gasteiger partial charge in [0.2, 0.25) is 6.41 Å². The Morgan fingerprint density at radius 3 is 2.47 bits per heavy atom. The van der Waals surface area contributed by atoms with Gasteiger partial charge in [-0.1, -0.05) is 77.8 Å². The number of fused-ring (bicyclic) bond motifs is 1. The summed E-state index contributed by atoms with van der Waals surface area (Å²) in [5.41, 5.74) is 3.90. The fourth-order valence-electron chi connectivity index (χ4n) is 4.24. The van der Waals surface area contributed by atoms with Crippen LogP contribution >= 0.6 is 23.2 Å². The molecule has 7 heteroatoms. The summed E-state index contributed by atoms with van der Waals surface area (Å²) in [5, 5.41) is 3.76. The van der Waals surface area contributed by atoms with Crippen LogP contribution in [0.2, 0.25) is 10.0 Å². The standard InChI is InChI=1S/C20H15Cl2NO2.C9H11NO/c21-14-7-8-17(18(22)11-14)19-10-13-4-1-2-6-16(13)20(24)23(19)12-15-5-3-9-25-15;11-8-10-7-6-9-4-2-1-3-5-9/h1-9,11,19H,10,12H2;1-5,8H,6-7H2,(H,10,11). The third kappa shape index (κ3) is 6.36. The fourth-order valence-corrected chi connectivity index (χ4v) is 4.78. The number of carbonyl (C=O) groups excluding carboxylic acids is 2. The summed E-state index contributed by atoms with van der Waals surface area (Å²) in [6, 6.07) is 26.7. The summed E-state index contributed by atoms with van der Waals surface area (Å²) in [5.74, 6) is 0.720. The van der Waals surface area contributed by atoms with Crippen molar-refractivity contribution in [2.75, 3.05) is 6.54 Å². The predicted octanol–water partition coefficient (Wildman–Crippen LogP) is 6.50. The van der Waals surface area contributed by atoms with Gasteiger partial charge in [-0.05, 0) is 59.9 Å². The number of nitrogens with zero attached hydrogens (tertiary/aromatic N) is 1. The lowest BCUT2D eigenvalue weighted by Crippen LogP contribution is -2.39. The van der Waals surface area contributed by atoms with E-state index in [1.54, 1.807) is 18.4 Å². The molecule has 184 valence electrons. The van der Waals surface area contributed by atoms with Crippen molar-refractivity contribution < 1.29 is 14.0 Å². The Bertz CT molecular complexity index is 1290. The van der Waals surface area contributed by atoms with Gasteiger partial charge >= 0.3 is 0 Å². The van der Waals surface area contributed by atoms with Gasteiger partial charge in [-0.2, -0.15) is 0 Å². The Balaban J connectivity index is 0.000000233. The van der Waals surface area contributed by atoms with Crippen molar-refractivity contribution in [2.24, 2.45) is 0 Å². The molecule has 1 N–H and O–H groups in total. The van der Waals surface area contributed by atoms with Crippen LogP contribution in [-0.2, 0) is 24.2 Å². The summed E-state index contributed by atoms with van der Waals surface area (Å²) in [6.45, 7) is 1.11. The van der Waals surface area contributed by atoms with E-state index in [0.29, 0.717) is 29.6 Å². The highest BCUT2D eigenvalue weighted by Gasteiger charge is 2.34. The molecule has 0 saturated heterocycles. The molecule has 0 bridgehead atoms. The molecule has 1 unspecified atom stereocenters. The summed E-state index contributed by atoms with van der Waals surface area (Å²) in [6.07, 6.45) is 3.94. The van der Waals surface area contributed by atoms with Crippen LogP contribution in [0.25, 0.3) is 0 Å². The normalized spacial score (nSPS) is 14.4. The molecule has 1 atom stereocenters. The molecule has 5 rings (SSSR count). The van der Waals surface area contributed by atoms with Gasteiger partial charge in [-0.25, -0.2) is 0 Å². The molecule has 0 fully saturated rings. The number of hydrogen-bond acceptors (Lipinski definition) is 3. The molecular weight excluding hydrogens is 495 g/mol. The van der Waals surface area contributed by atoms with Crippen LogP contribution in [0.4, 0.5) is 0 Å². The molecule has 4 aromatic rings. The molecule has 0 spiro atoms. The molecule has 0 saturated carbocycles. The highest BCUT2D eigenvalue weighted by molar-refractivity contribution is 6.35. The number of halogens is 2. The van der Waals surface area contributed by atoms with Gasteiger partial charge in [0.1, 0.15) is 5.76 Å². The first-order valence-electron chi connectivity index (χ1n) is 11.6. The van der Waals surface area contributed by atoms with E-state index in [0.717, 1.165) is 35.3 Å². The monoisotopic (exact) mass is 520 g/mol. The molecule has 0 aliphatic carbocycles. The number of furan rings is 1. The second kappa shape index (κ2) is 12.4. The van der Waals surface area contributed by atoms with Gasteiger partial charge in [-0.15, -0.1) is 0 Å². The van der Waals surface area contributed by atoms with E-state index < -0.39 is 0 Å². The second-order valence-electron chi connectivity index (χ2n) is 8.36. The van der Waals surface area contributed by atoms with Crippen LogP contribution in [0.5, 0.6) is 0 Å². The summed E-state index contributed by atoms with van der Waals surface area (Å²) >= 11 is 12.5. The molecule has 0 radical (unpaired) electrons. The van der Waals surface area contributed by atoms with Crippen LogP contribution in [0.15, 0.2) is 95.6 Å². The zero-order chi connectivity index (χ0) is 25.3. The van der Waals surface area contributed by atoms with Crippen LogP contribution in [0.1, 0.15) is 38.9 Å². The minimum Gasteiger partial charge on any atom is -0.467 e. The van der Waals surface area contributed by atoms with Crippen molar-refractivity contribution in [3.05, 3.63) is 129 Å². The second-order valence-corrected chi connectivity index (χ2v) is 9.21. The molecule has 2 amide bonds. The Morgan fingerprint density at radius 1 is 0.972 bits per heavy atom. The maximum absolute atomic E-state index is 13.1. The smallest absolute Gasteiger partial charge is 0.255 e. The fraction of sp³-hybridized carbons (Fsp3) is 0.172. The molecule has 2 heterocycles. The Kier molecular flexibility index (Phi) is 8.82. The number of carbonyl (C=O) groups is 2. The van der Waals surface area contributed by atoms with Crippen molar-refractivity contribution in [3.63, 3.8) is 0 Å². The van der Waals surface area contributed by atoms with E-state index in [4.69, 9.17) is 27.6 Å². The van der Waals surface area contributed by atoms with E-state index >= 15 is 0 Å². The topological polar surface area (TPSA) is 62.6 Å². The van der Waals surface area contributed by atoms with E-state index in [1.165, 1.54) is 5.56 Å². The first-order valence-corrected chi connectivity index (χ1v) is 12.4. The third-order valence-electron chi connectivity index (χ3n) is 6.01. The zero-order valence-electron chi connectivity index (χ0n) is 19.6. The van der Waals surface area contributed by atoms with Gasteiger partial charge in [0.25, 0.3) is 5.91 Å². The van der Waals surface area contributed by atoms with E-state index in [2.05, 4.69) is 5.32 Å². The highest BCUT2D eigenvalue weighted by atomic mass is 35.5. The van der Waals surface area contributed by atoms with Crippen molar-refractivity contribution >= 4 is 35.5 Å². The summed E-state index contributed by atoms with van der Waals surface area (Å²) in [7, 11) is 0. The number of benzene rings is 3. The first kappa shape index (κ1) is 25.5. The molecule has 1 aromatic heterocycles. The van der Waals surface area contributed by atoms with Crippen LogP contribution in [0, 0.1) is 0 Å². The van der Waals surface area contributed by atoms with Gasteiger partial charge in [0.15, 0.2) is 0 Å². The van der Waals surface area contributed by atoms with Crippen LogP contribution in [0.3, 0.4) is 0 Å². The summed E-state index contributed by atoms with van der Waals surface area (Å²) in [4.78, 5) is 24.8. The SMILES string of the molecule is O=C1c2ccccc2CC(c2ccc(Cl)cc2Cl)N1Cc1ccco1.O=CNCCc1ccccc1. The summed E-state index contributed by atoms with van der Waals surface area (Å²) < 4.78 is 5.46. The Morgan fingerprint density at radius 2 is 1.75 bits per heavy atom. The molecule has 1 aliphatic heterocycles. The Labute approximate surface area is 220 Å². The largest absolute Gasteiger partial charge is 0.467 e. The lowest BCUT2D eigenvalue weighted by atomic mass is 9.89. The lowest BCUT2D eigenvalue weighted by Gasteiger charge is -2.37. The van der Waals surface area contributed by atoms with Crippen molar-refractivity contribution in [3.8, 4) is 0 Å². The number of hydrogen-bond donors (Lipinski definition) is 1. The van der Waals surface area contributed by atoms with E-state index in [1.807, 2.05) is 77.7 Å². The van der Waals surface area contributed by atoms with Gasteiger partial charge in [-0.3, -0.25) is 9.59 Å². The number of amides is 2. The maximum atomic E-state index is 13.1. The minimum atomic E-state index is -0.169. The zero-order valence-corrected chi connectivity index (χ0v) is 21.1. The number of rotatable bonds is 7. The molecule has 1 aliphatic rings. The van der Waals surface area contributed by atoms with Gasteiger partial charge in [0.05, 0.1) is 18.8 Å². The number of nitrogens with one attached hydrogen (secondary N) is 1. The average Bonchev–Trinajstić information content (AvgIpc) is 3.41. The molecule has 3 aromatic carbocycles. The van der Waals surface area contributed by atoms with Crippen LogP contribution < -0.4 is 5.32 Å². The van der Waals surface area contributed by atoms with Crippen molar-refractivity contribution in [2.45, 2.75) is 25.4 Å². The quantitative estimate of drug-likeness (QED) is 0.223. The van der Waals surface area contributed by atoms with Crippen LogP contribution in [-0.4, -0.2) is 23.8 Å². The molecule has 36 heavy (non-hydrogen) atoms. The predicted molar refractivity (Wildman–Crippen MR) is 142 cm³/mol. The lowest BCUT2D eigenvalue weighted by molar-refractivity contribution is -0.109. The molecule has 5 nitrogen and oxygen atoms in total. The minimum absolute atomic E-state index is 0.0192. The van der Waals surface area contributed by atoms with Crippen molar-refractivity contribution in [1.82, 2.24) is 10.2 Å². The Hall–Kier alpha value is -3.54. The van der Waals surface area contributed by atoms with Gasteiger partial charge < -0.3 is 14.6 Å². The molecular formula is C29H26Cl2N2O3. The average molecular weight is 521 g/mol. The maximum Gasteiger partial charge on any atom is 0.255 e. The first-order chi connectivity index (χ1) is 17.6. The third-order valence-corrected chi connectivity index (χ3v) is 6.57. The van der Waals surface area contributed by atoms with E-state index in [9.17, 15) is 9.59 Å².